The van der Waals surface area contributed by atoms with Crippen molar-refractivity contribution in [2.24, 2.45) is 0 Å². The smallest absolute Gasteiger partial charge is 0.142 e. The van der Waals surface area contributed by atoms with Crippen LogP contribution < -0.4 is 0 Å². The van der Waals surface area contributed by atoms with E-state index in [0.717, 1.165) is 11.1 Å². The fourth-order valence-corrected chi connectivity index (χ4v) is 2.44. The number of aryl methyl sites for hydroxylation is 1. The third-order valence-corrected chi connectivity index (χ3v) is 3.75. The third kappa shape index (κ3) is 3.74. The molecule has 0 amide bonds. The monoisotopic (exact) mass is 329 g/mol. The predicted molar refractivity (Wildman–Crippen MR) is 93.7 cm³/mol. The van der Waals surface area contributed by atoms with Crippen LogP contribution in [0.2, 0.25) is 0 Å². The Morgan fingerprint density at radius 2 is 1.20 bits per heavy atom. The lowest BCUT2D eigenvalue weighted by Gasteiger charge is -2.02. The van der Waals surface area contributed by atoms with Gasteiger partial charge < -0.3 is 0 Å². The fourth-order valence-electron chi connectivity index (χ4n) is 2.44. The molecule has 25 heavy (non-hydrogen) atoms. The lowest BCUT2D eigenvalue weighted by atomic mass is 10.0. The molecule has 0 aromatic heterocycles. The molecule has 120 valence electrons. The molecule has 0 saturated carbocycles. The van der Waals surface area contributed by atoms with Gasteiger partial charge in [-0.25, -0.2) is 8.78 Å². The minimum atomic E-state index is -0.654. The third-order valence-electron chi connectivity index (χ3n) is 3.75. The van der Waals surface area contributed by atoms with Gasteiger partial charge in [0.2, 0.25) is 0 Å². The standard InChI is InChI=1S/C22H13F2N/c1-15-12-21(23)20(22(24)13-15)11-6-16-2-7-18(8-3-16)19-9-4-17(14-25)5-10-19/h2-5,7-10,12-13H,1H3. The maximum Gasteiger partial charge on any atom is 0.142 e. The van der Waals surface area contributed by atoms with Crippen LogP contribution in [0, 0.1) is 41.7 Å². The van der Waals surface area contributed by atoms with Crippen molar-refractivity contribution < 1.29 is 8.78 Å². The molecule has 0 aliphatic carbocycles. The molecule has 0 spiro atoms. The van der Waals surface area contributed by atoms with Crippen molar-refractivity contribution in [1.29, 1.82) is 5.26 Å². The number of nitrogens with zero attached hydrogens (tertiary/aromatic N) is 1. The van der Waals surface area contributed by atoms with Crippen molar-refractivity contribution in [3.05, 3.63) is 94.6 Å². The quantitative estimate of drug-likeness (QED) is 0.562. The van der Waals surface area contributed by atoms with Crippen LogP contribution >= 0.6 is 0 Å². The lowest BCUT2D eigenvalue weighted by molar-refractivity contribution is 0.575. The van der Waals surface area contributed by atoms with Gasteiger partial charge in [0.15, 0.2) is 0 Å². The highest BCUT2D eigenvalue weighted by molar-refractivity contribution is 5.65. The summed E-state index contributed by atoms with van der Waals surface area (Å²) in [5.74, 6) is 4.04. The Kier molecular flexibility index (Phi) is 4.59. The first kappa shape index (κ1) is 16.4. The summed E-state index contributed by atoms with van der Waals surface area (Å²) in [5, 5.41) is 8.82. The van der Waals surface area contributed by atoms with Crippen LogP contribution in [0.25, 0.3) is 11.1 Å². The molecule has 0 N–H and O–H groups in total. The van der Waals surface area contributed by atoms with Crippen molar-refractivity contribution in [2.75, 3.05) is 0 Å². The van der Waals surface area contributed by atoms with E-state index in [1.54, 1.807) is 31.2 Å². The van der Waals surface area contributed by atoms with Crippen molar-refractivity contribution in [1.82, 2.24) is 0 Å². The van der Waals surface area contributed by atoms with Crippen LogP contribution in [0.15, 0.2) is 60.7 Å². The van der Waals surface area contributed by atoms with E-state index in [2.05, 4.69) is 17.9 Å². The van der Waals surface area contributed by atoms with Crippen molar-refractivity contribution >= 4 is 0 Å². The first-order chi connectivity index (χ1) is 12.1. The van der Waals surface area contributed by atoms with Crippen LogP contribution in [0.1, 0.15) is 22.3 Å². The van der Waals surface area contributed by atoms with E-state index in [1.165, 1.54) is 12.1 Å². The highest BCUT2D eigenvalue weighted by Crippen LogP contribution is 2.20. The van der Waals surface area contributed by atoms with Gasteiger partial charge in [0.25, 0.3) is 0 Å². The van der Waals surface area contributed by atoms with E-state index in [4.69, 9.17) is 5.26 Å². The van der Waals surface area contributed by atoms with Gasteiger partial charge in [0.1, 0.15) is 11.6 Å². The molecule has 0 atom stereocenters. The summed E-state index contributed by atoms with van der Waals surface area (Å²) in [5.41, 5.74) is 3.52. The minimum absolute atomic E-state index is 0.221. The van der Waals surface area contributed by atoms with Crippen LogP contribution in [-0.2, 0) is 0 Å². The second-order valence-corrected chi connectivity index (χ2v) is 5.62. The predicted octanol–water partition coefficient (Wildman–Crippen LogP) is 5.21. The lowest BCUT2D eigenvalue weighted by Crippen LogP contribution is -1.91. The van der Waals surface area contributed by atoms with Gasteiger partial charge >= 0.3 is 0 Å². The van der Waals surface area contributed by atoms with Gasteiger partial charge in [0, 0.05) is 5.56 Å². The molecule has 0 bridgehead atoms. The van der Waals surface area contributed by atoms with E-state index in [9.17, 15) is 8.78 Å². The topological polar surface area (TPSA) is 23.8 Å². The minimum Gasteiger partial charge on any atom is -0.206 e. The van der Waals surface area contributed by atoms with E-state index in [0.29, 0.717) is 16.7 Å². The van der Waals surface area contributed by atoms with Gasteiger partial charge in [-0.3, -0.25) is 0 Å². The van der Waals surface area contributed by atoms with Crippen LogP contribution in [0.4, 0.5) is 8.78 Å². The molecule has 3 aromatic rings. The molecular weight excluding hydrogens is 316 g/mol. The van der Waals surface area contributed by atoms with Gasteiger partial charge in [0.05, 0.1) is 17.2 Å². The Bertz CT molecular complexity index is 992. The van der Waals surface area contributed by atoms with E-state index >= 15 is 0 Å². The summed E-state index contributed by atoms with van der Waals surface area (Å²) >= 11 is 0. The molecular formula is C22H13F2N. The molecule has 0 heterocycles. The maximum atomic E-state index is 13.8. The van der Waals surface area contributed by atoms with Gasteiger partial charge in [-0.2, -0.15) is 5.26 Å². The highest BCUT2D eigenvalue weighted by atomic mass is 19.1. The fraction of sp³-hybridized carbons (Fsp3) is 0.0455. The normalized spacial score (nSPS) is 9.84. The Hall–Kier alpha value is -3.43. The first-order valence-corrected chi connectivity index (χ1v) is 7.65. The average Bonchev–Trinajstić information content (AvgIpc) is 2.61. The molecule has 0 aliphatic rings. The van der Waals surface area contributed by atoms with Gasteiger partial charge in [-0.1, -0.05) is 36.1 Å². The Balaban J connectivity index is 1.86. The van der Waals surface area contributed by atoms with Gasteiger partial charge in [-0.15, -0.1) is 0 Å². The van der Waals surface area contributed by atoms with Gasteiger partial charge in [-0.05, 0) is 60.0 Å². The molecule has 0 saturated heterocycles. The number of rotatable bonds is 1. The largest absolute Gasteiger partial charge is 0.206 e. The zero-order valence-electron chi connectivity index (χ0n) is 13.5. The summed E-state index contributed by atoms with van der Waals surface area (Å²) in [6.07, 6.45) is 0. The van der Waals surface area contributed by atoms with Crippen molar-refractivity contribution in [3.63, 3.8) is 0 Å². The Morgan fingerprint density at radius 3 is 1.68 bits per heavy atom. The molecule has 0 fully saturated rings. The number of nitriles is 1. The molecule has 3 heteroatoms. The SMILES string of the molecule is Cc1cc(F)c(C#Cc2ccc(-c3ccc(C#N)cc3)cc2)c(F)c1. The molecule has 0 unspecified atom stereocenters. The maximum absolute atomic E-state index is 13.8. The number of hydrogen-bond donors (Lipinski definition) is 0. The van der Waals surface area contributed by atoms with Crippen molar-refractivity contribution in [2.45, 2.75) is 6.92 Å². The van der Waals surface area contributed by atoms with Crippen LogP contribution in [-0.4, -0.2) is 0 Å². The summed E-state index contributed by atoms with van der Waals surface area (Å²) < 4.78 is 27.6. The zero-order valence-corrected chi connectivity index (χ0v) is 13.5. The van der Waals surface area contributed by atoms with E-state index in [-0.39, 0.29) is 5.56 Å². The van der Waals surface area contributed by atoms with Crippen LogP contribution in [0.5, 0.6) is 0 Å². The Morgan fingerprint density at radius 1 is 0.720 bits per heavy atom. The highest BCUT2D eigenvalue weighted by Gasteiger charge is 2.07. The summed E-state index contributed by atoms with van der Waals surface area (Å²) in [6, 6.07) is 19.2. The zero-order chi connectivity index (χ0) is 17.8. The second kappa shape index (κ2) is 6.99. The van der Waals surface area contributed by atoms with Crippen molar-refractivity contribution in [3.8, 4) is 29.0 Å². The molecule has 3 rings (SSSR count). The second-order valence-electron chi connectivity index (χ2n) is 5.62. The van der Waals surface area contributed by atoms with E-state index < -0.39 is 11.6 Å². The molecule has 0 aliphatic heterocycles. The number of benzene rings is 3. The summed E-state index contributed by atoms with van der Waals surface area (Å²) in [4.78, 5) is 0. The average molecular weight is 329 g/mol. The molecule has 0 radical (unpaired) electrons. The molecule has 3 aromatic carbocycles. The number of hydrogen-bond acceptors (Lipinski definition) is 1. The first-order valence-electron chi connectivity index (χ1n) is 7.65. The van der Waals surface area contributed by atoms with E-state index in [1.807, 2.05) is 24.3 Å². The molecule has 1 nitrogen and oxygen atoms in total. The number of halogens is 2. The van der Waals surface area contributed by atoms with Crippen LogP contribution in [0.3, 0.4) is 0 Å². The summed E-state index contributed by atoms with van der Waals surface area (Å²) in [7, 11) is 0. The summed E-state index contributed by atoms with van der Waals surface area (Å²) in [6.45, 7) is 1.63. The Labute approximate surface area is 145 Å².